The maximum absolute atomic E-state index is 7.59. The molecule has 1 heterocycles. The van der Waals surface area contributed by atoms with Crippen LogP contribution in [-0.4, -0.2) is 40.5 Å². The van der Waals surface area contributed by atoms with Crippen molar-refractivity contribution in [2.75, 3.05) is 13.1 Å². The van der Waals surface area contributed by atoms with Crippen LogP contribution in [0.3, 0.4) is 0 Å². The highest BCUT2D eigenvalue weighted by molar-refractivity contribution is 6.88. The van der Waals surface area contributed by atoms with Crippen LogP contribution < -0.4 is 0 Å². The summed E-state index contributed by atoms with van der Waals surface area (Å²) in [7, 11) is -3.64. The van der Waals surface area contributed by atoms with E-state index in [1.165, 1.54) is 31.5 Å². The standard InChI is InChI=1S/C29H57NOSi2/c1-20(2)32(21(3)4,22(5)6)19-27-18-28(30-16-14-15-17-30)26(13)29(27)31-33(23(7)8,24(9)10)25(11)12/h19-25,29H,14-18H2,1-13H3/b27-19+. The fourth-order valence-electron chi connectivity index (χ4n) is 7.93. The van der Waals surface area contributed by atoms with E-state index >= 15 is 0 Å². The highest BCUT2D eigenvalue weighted by atomic mass is 28.4. The molecule has 1 unspecified atom stereocenters. The zero-order valence-electron chi connectivity index (χ0n) is 24.5. The fraction of sp³-hybridized carbons (Fsp3) is 0.862. The molecule has 0 saturated carbocycles. The Morgan fingerprint density at radius 3 is 1.52 bits per heavy atom. The third-order valence-corrected chi connectivity index (χ3v) is 22.4. The molecule has 1 aliphatic carbocycles. The number of nitrogens with zero attached hydrogens (tertiary/aromatic N) is 1. The maximum Gasteiger partial charge on any atom is 0.201 e. The Balaban J connectivity index is 2.67. The number of allylic oxidation sites excluding steroid dienone is 1. The minimum atomic E-state index is -1.98. The van der Waals surface area contributed by atoms with Gasteiger partial charge in [-0.1, -0.05) is 88.8 Å². The lowest BCUT2D eigenvalue weighted by Gasteiger charge is -2.45. The molecule has 0 amide bonds. The van der Waals surface area contributed by atoms with Gasteiger partial charge in [0.2, 0.25) is 8.32 Å². The molecule has 0 aromatic carbocycles. The highest BCUT2D eigenvalue weighted by Crippen LogP contribution is 2.50. The van der Waals surface area contributed by atoms with E-state index in [4.69, 9.17) is 4.43 Å². The van der Waals surface area contributed by atoms with E-state index in [1.54, 1.807) is 11.3 Å². The van der Waals surface area contributed by atoms with Crippen molar-refractivity contribution in [3.8, 4) is 0 Å². The summed E-state index contributed by atoms with van der Waals surface area (Å²) in [5.74, 6) is 0. The van der Waals surface area contributed by atoms with Gasteiger partial charge in [0.05, 0.1) is 14.2 Å². The van der Waals surface area contributed by atoms with Crippen molar-refractivity contribution < 1.29 is 4.43 Å². The van der Waals surface area contributed by atoms with Crippen LogP contribution in [0.5, 0.6) is 0 Å². The summed E-state index contributed by atoms with van der Waals surface area (Å²) in [6, 6.07) is 0. The Labute approximate surface area is 209 Å². The quantitative estimate of drug-likeness (QED) is 0.282. The first-order chi connectivity index (χ1) is 15.2. The summed E-state index contributed by atoms with van der Waals surface area (Å²) in [4.78, 5) is 2.69. The number of rotatable bonds is 10. The minimum absolute atomic E-state index is 0.197. The zero-order valence-corrected chi connectivity index (χ0v) is 26.5. The van der Waals surface area contributed by atoms with Gasteiger partial charge in [-0.2, -0.15) is 0 Å². The third-order valence-electron chi connectivity index (χ3n) is 9.51. The lowest BCUT2D eigenvalue weighted by atomic mass is 10.1. The van der Waals surface area contributed by atoms with Gasteiger partial charge in [-0.3, -0.25) is 0 Å². The third kappa shape index (κ3) is 5.28. The van der Waals surface area contributed by atoms with Gasteiger partial charge in [0.25, 0.3) is 0 Å². The molecule has 0 bridgehead atoms. The lowest BCUT2D eigenvalue weighted by Crippen LogP contribution is -2.51. The highest BCUT2D eigenvalue weighted by Gasteiger charge is 2.50. The zero-order chi connectivity index (χ0) is 25.3. The molecule has 0 aromatic rings. The largest absolute Gasteiger partial charge is 0.406 e. The van der Waals surface area contributed by atoms with Crippen molar-refractivity contribution in [2.24, 2.45) is 0 Å². The first-order valence-corrected chi connectivity index (χ1v) is 18.5. The van der Waals surface area contributed by atoms with Crippen LogP contribution in [0, 0.1) is 0 Å². The average molecular weight is 492 g/mol. The Bertz CT molecular complexity index is 668. The van der Waals surface area contributed by atoms with E-state index in [0.717, 1.165) is 23.0 Å². The second-order valence-corrected chi connectivity index (χ2v) is 24.2. The van der Waals surface area contributed by atoms with E-state index in [-0.39, 0.29) is 6.10 Å². The van der Waals surface area contributed by atoms with Gasteiger partial charge in [0.15, 0.2) is 0 Å². The summed E-state index contributed by atoms with van der Waals surface area (Å²) in [5.41, 5.74) is 11.7. The van der Waals surface area contributed by atoms with Crippen molar-refractivity contribution >= 4 is 16.4 Å². The van der Waals surface area contributed by atoms with Gasteiger partial charge in [0.1, 0.15) is 0 Å². The van der Waals surface area contributed by atoms with Crippen LogP contribution in [0.25, 0.3) is 0 Å². The van der Waals surface area contributed by atoms with Crippen LogP contribution in [0.4, 0.5) is 0 Å². The van der Waals surface area contributed by atoms with Crippen LogP contribution in [0.2, 0.25) is 33.2 Å². The Morgan fingerprint density at radius 2 is 1.15 bits per heavy atom. The maximum atomic E-state index is 7.59. The molecule has 1 atom stereocenters. The van der Waals surface area contributed by atoms with Gasteiger partial charge in [0, 0.05) is 25.2 Å². The summed E-state index contributed by atoms with van der Waals surface area (Å²) in [5, 5.41) is 0. The van der Waals surface area contributed by atoms with Crippen molar-refractivity contribution in [3.05, 3.63) is 22.5 Å². The van der Waals surface area contributed by atoms with E-state index in [9.17, 15) is 0 Å². The number of likely N-dealkylation sites (tertiary alicyclic amines) is 1. The molecule has 1 saturated heterocycles. The normalized spacial score (nSPS) is 22.2. The molecule has 4 heteroatoms. The first-order valence-electron chi connectivity index (χ1n) is 14.1. The second-order valence-electron chi connectivity index (χ2n) is 13.0. The molecule has 0 spiro atoms. The Hall–Kier alpha value is -0.326. The van der Waals surface area contributed by atoms with E-state index in [1.807, 2.05) is 0 Å². The Kier molecular flexibility index (Phi) is 9.78. The SMILES string of the molecule is CC1=C(N2CCCC2)C/C(=C\[Si](C(C)C)(C(C)C)C(C)C)C1O[Si](C(C)C)(C(C)C)C(C)C. The van der Waals surface area contributed by atoms with Crippen molar-refractivity contribution in [1.82, 2.24) is 4.90 Å². The van der Waals surface area contributed by atoms with Crippen molar-refractivity contribution in [3.63, 3.8) is 0 Å². The molecule has 2 aliphatic rings. The van der Waals surface area contributed by atoms with Crippen molar-refractivity contribution in [1.29, 1.82) is 0 Å². The molecule has 0 N–H and O–H groups in total. The van der Waals surface area contributed by atoms with Gasteiger partial charge in [-0.25, -0.2) is 0 Å². The van der Waals surface area contributed by atoms with E-state index < -0.39 is 16.4 Å². The smallest absolute Gasteiger partial charge is 0.201 e. The molecule has 1 fully saturated rings. The summed E-state index contributed by atoms with van der Waals surface area (Å²) in [6.07, 6.45) is 4.00. The summed E-state index contributed by atoms with van der Waals surface area (Å²) < 4.78 is 7.59. The minimum Gasteiger partial charge on any atom is -0.406 e. The molecule has 0 aromatic heterocycles. The van der Waals surface area contributed by atoms with Gasteiger partial charge in [-0.05, 0) is 64.2 Å². The van der Waals surface area contributed by atoms with E-state index in [0.29, 0.717) is 16.6 Å². The molecule has 2 nitrogen and oxygen atoms in total. The van der Waals surface area contributed by atoms with Crippen LogP contribution in [0.1, 0.15) is 109 Å². The van der Waals surface area contributed by atoms with Crippen molar-refractivity contribution in [2.45, 2.75) is 149 Å². The monoisotopic (exact) mass is 491 g/mol. The first kappa shape index (κ1) is 28.9. The van der Waals surface area contributed by atoms with Gasteiger partial charge >= 0.3 is 0 Å². The molecule has 33 heavy (non-hydrogen) atoms. The topological polar surface area (TPSA) is 12.5 Å². The fourth-order valence-corrected chi connectivity index (χ4v) is 19.4. The van der Waals surface area contributed by atoms with Gasteiger partial charge < -0.3 is 9.33 Å². The van der Waals surface area contributed by atoms with Crippen LogP contribution in [-0.2, 0) is 4.43 Å². The predicted octanol–water partition coefficient (Wildman–Crippen LogP) is 9.47. The predicted molar refractivity (Wildman–Crippen MR) is 153 cm³/mol. The molecule has 2 rings (SSSR count). The average Bonchev–Trinajstić information content (AvgIpc) is 3.30. The lowest BCUT2D eigenvalue weighted by molar-refractivity contribution is 0.240. The molecular weight excluding hydrogens is 434 g/mol. The Morgan fingerprint density at radius 1 is 0.727 bits per heavy atom. The molecule has 0 radical (unpaired) electrons. The summed E-state index contributed by atoms with van der Waals surface area (Å²) >= 11 is 0. The second kappa shape index (κ2) is 11.2. The number of hydrogen-bond donors (Lipinski definition) is 0. The van der Waals surface area contributed by atoms with Gasteiger partial charge in [-0.15, -0.1) is 0 Å². The number of hydrogen-bond acceptors (Lipinski definition) is 2. The van der Waals surface area contributed by atoms with E-state index in [2.05, 4.69) is 101 Å². The van der Waals surface area contributed by atoms with Crippen LogP contribution >= 0.6 is 0 Å². The van der Waals surface area contributed by atoms with Crippen LogP contribution in [0.15, 0.2) is 22.5 Å². The summed E-state index contributed by atoms with van der Waals surface area (Å²) in [6.45, 7) is 34.4. The molecular formula is C29H57NOSi2. The molecule has 1 aliphatic heterocycles. The molecule has 192 valence electrons.